The summed E-state index contributed by atoms with van der Waals surface area (Å²) >= 11 is 0. The van der Waals surface area contributed by atoms with Gasteiger partial charge in [0, 0.05) is 23.1 Å². The van der Waals surface area contributed by atoms with E-state index in [2.05, 4.69) is 10.3 Å². The number of carbonyl (C=O) groups excluding carboxylic acids is 1. The summed E-state index contributed by atoms with van der Waals surface area (Å²) in [4.78, 5) is 16.3. The van der Waals surface area contributed by atoms with E-state index in [1.807, 2.05) is 33.8 Å². The first-order valence-corrected chi connectivity index (χ1v) is 6.48. The second kappa shape index (κ2) is 5.36. The molecule has 0 saturated heterocycles. The lowest BCUT2D eigenvalue weighted by molar-refractivity contribution is 0.0940. The topological polar surface area (TPSA) is 81.2 Å². The highest BCUT2D eigenvalue weighted by atomic mass is 16.3. The summed E-state index contributed by atoms with van der Waals surface area (Å²) in [5, 5.41) is 2.91. The minimum atomic E-state index is -0.235. The number of hydrogen-bond donors (Lipinski definition) is 2. The number of aromatic nitrogens is 1. The number of carbonyl (C=O) groups is 1. The molecule has 0 fully saturated rings. The molecule has 2 aromatic rings. The molecule has 0 spiro atoms. The van der Waals surface area contributed by atoms with Gasteiger partial charge in [-0.3, -0.25) is 9.78 Å². The molecule has 2 aromatic heterocycles. The largest absolute Gasteiger partial charge is 0.466 e. The Morgan fingerprint density at radius 2 is 2.05 bits per heavy atom. The lowest BCUT2D eigenvalue weighted by Gasteiger charge is -2.14. The van der Waals surface area contributed by atoms with Gasteiger partial charge < -0.3 is 15.5 Å². The summed E-state index contributed by atoms with van der Waals surface area (Å²) in [5.41, 5.74) is 8.43. The van der Waals surface area contributed by atoms with Crippen LogP contribution in [0.4, 0.5) is 5.69 Å². The van der Waals surface area contributed by atoms with Gasteiger partial charge in [0.05, 0.1) is 11.6 Å². The van der Waals surface area contributed by atoms with Crippen molar-refractivity contribution < 1.29 is 9.21 Å². The fourth-order valence-electron chi connectivity index (χ4n) is 2.20. The van der Waals surface area contributed by atoms with Crippen molar-refractivity contribution in [1.82, 2.24) is 10.3 Å². The number of amides is 1. The van der Waals surface area contributed by atoms with Gasteiger partial charge in [0.15, 0.2) is 0 Å². The molecule has 0 bridgehead atoms. The normalized spacial score (nSPS) is 12.2. The molecule has 0 aliphatic heterocycles. The minimum Gasteiger partial charge on any atom is -0.466 e. The van der Waals surface area contributed by atoms with Crippen LogP contribution in [0.1, 0.15) is 46.1 Å². The van der Waals surface area contributed by atoms with Gasteiger partial charge in [-0.2, -0.15) is 0 Å². The van der Waals surface area contributed by atoms with Crippen LogP contribution in [0.25, 0.3) is 0 Å². The van der Waals surface area contributed by atoms with E-state index < -0.39 is 0 Å². The Bertz CT molecular complexity index is 647. The molecule has 0 aromatic carbocycles. The maximum absolute atomic E-state index is 12.2. The van der Waals surface area contributed by atoms with Crippen molar-refractivity contribution >= 4 is 11.6 Å². The van der Waals surface area contributed by atoms with Gasteiger partial charge in [-0.15, -0.1) is 0 Å². The lowest BCUT2D eigenvalue weighted by atomic mass is 10.1. The van der Waals surface area contributed by atoms with Crippen molar-refractivity contribution in [1.29, 1.82) is 0 Å². The van der Waals surface area contributed by atoms with Gasteiger partial charge in [0.2, 0.25) is 0 Å². The average molecular weight is 273 g/mol. The van der Waals surface area contributed by atoms with Crippen molar-refractivity contribution in [3.05, 3.63) is 46.7 Å². The fourth-order valence-corrected chi connectivity index (χ4v) is 2.20. The summed E-state index contributed by atoms with van der Waals surface area (Å²) in [7, 11) is 0. The quantitative estimate of drug-likeness (QED) is 0.900. The Labute approximate surface area is 118 Å². The zero-order valence-electron chi connectivity index (χ0n) is 12.2. The number of furan rings is 1. The van der Waals surface area contributed by atoms with Crippen LogP contribution in [0.3, 0.4) is 0 Å². The maximum atomic E-state index is 12.2. The standard InChI is InChI=1S/C15H19N3O2/c1-8-5-14(16)13(7-17-8)15(19)18-10(3)12-6-9(2)20-11(12)4/h5-7,10H,1-4H3,(H2,16,17)(H,18,19). The highest BCUT2D eigenvalue weighted by Crippen LogP contribution is 2.22. The van der Waals surface area contributed by atoms with Crippen molar-refractivity contribution in [2.45, 2.75) is 33.7 Å². The van der Waals surface area contributed by atoms with Crippen molar-refractivity contribution in [2.75, 3.05) is 5.73 Å². The van der Waals surface area contributed by atoms with Crippen LogP contribution in [-0.4, -0.2) is 10.9 Å². The van der Waals surface area contributed by atoms with Gasteiger partial charge in [-0.25, -0.2) is 0 Å². The van der Waals surface area contributed by atoms with Crippen LogP contribution in [0.5, 0.6) is 0 Å². The first-order chi connectivity index (χ1) is 9.38. The van der Waals surface area contributed by atoms with E-state index >= 15 is 0 Å². The van der Waals surface area contributed by atoms with Gasteiger partial charge in [0.25, 0.3) is 5.91 Å². The minimum absolute atomic E-state index is 0.152. The van der Waals surface area contributed by atoms with E-state index in [1.54, 1.807) is 6.07 Å². The molecular formula is C15H19N3O2. The number of nitrogen functional groups attached to an aromatic ring is 1. The van der Waals surface area contributed by atoms with Crippen LogP contribution in [0.15, 0.2) is 22.7 Å². The number of nitrogens with two attached hydrogens (primary N) is 1. The molecule has 2 heterocycles. The molecule has 3 N–H and O–H groups in total. The van der Waals surface area contributed by atoms with E-state index in [0.717, 1.165) is 22.8 Å². The molecule has 106 valence electrons. The zero-order valence-corrected chi connectivity index (χ0v) is 12.2. The highest BCUT2D eigenvalue weighted by Gasteiger charge is 2.17. The van der Waals surface area contributed by atoms with E-state index in [-0.39, 0.29) is 11.9 Å². The molecule has 1 atom stereocenters. The predicted molar refractivity (Wildman–Crippen MR) is 77.4 cm³/mol. The number of nitrogens with one attached hydrogen (secondary N) is 1. The number of aryl methyl sites for hydroxylation is 3. The second-order valence-electron chi connectivity index (χ2n) is 4.98. The molecule has 0 radical (unpaired) electrons. The highest BCUT2D eigenvalue weighted by molar-refractivity contribution is 5.99. The molecule has 0 aliphatic carbocycles. The molecule has 5 nitrogen and oxygen atoms in total. The van der Waals surface area contributed by atoms with Crippen molar-refractivity contribution in [3.63, 3.8) is 0 Å². The predicted octanol–water partition coefficient (Wildman–Crippen LogP) is 2.67. The molecule has 0 aliphatic rings. The number of rotatable bonds is 3. The molecule has 2 rings (SSSR count). The number of hydrogen-bond acceptors (Lipinski definition) is 4. The van der Waals surface area contributed by atoms with Crippen LogP contribution in [-0.2, 0) is 0 Å². The van der Waals surface area contributed by atoms with Crippen molar-refractivity contribution in [3.8, 4) is 0 Å². The average Bonchev–Trinajstić information content (AvgIpc) is 2.68. The van der Waals surface area contributed by atoms with Gasteiger partial charge >= 0.3 is 0 Å². The Kier molecular flexibility index (Phi) is 3.79. The van der Waals surface area contributed by atoms with E-state index in [0.29, 0.717) is 11.3 Å². The van der Waals surface area contributed by atoms with Crippen molar-refractivity contribution in [2.24, 2.45) is 0 Å². The van der Waals surface area contributed by atoms with Crippen LogP contribution in [0.2, 0.25) is 0 Å². The van der Waals surface area contributed by atoms with E-state index in [4.69, 9.17) is 10.2 Å². The zero-order chi connectivity index (χ0) is 14.9. The fraction of sp³-hybridized carbons (Fsp3) is 0.333. The number of anilines is 1. The molecule has 20 heavy (non-hydrogen) atoms. The third-order valence-electron chi connectivity index (χ3n) is 3.21. The molecule has 5 heteroatoms. The summed E-state index contributed by atoms with van der Waals surface area (Å²) in [5.74, 6) is 1.40. The Morgan fingerprint density at radius 1 is 1.35 bits per heavy atom. The summed E-state index contributed by atoms with van der Waals surface area (Å²) in [6.07, 6.45) is 1.50. The number of pyridine rings is 1. The smallest absolute Gasteiger partial charge is 0.255 e. The van der Waals surface area contributed by atoms with Crippen LogP contribution in [0, 0.1) is 20.8 Å². The molecule has 1 unspecified atom stereocenters. The van der Waals surface area contributed by atoms with Gasteiger partial charge in [0.1, 0.15) is 11.5 Å². The first kappa shape index (κ1) is 14.1. The van der Waals surface area contributed by atoms with E-state index in [9.17, 15) is 4.79 Å². The first-order valence-electron chi connectivity index (χ1n) is 6.48. The summed E-state index contributed by atoms with van der Waals surface area (Å²) in [6.45, 7) is 7.50. The van der Waals surface area contributed by atoms with E-state index in [1.165, 1.54) is 6.20 Å². The van der Waals surface area contributed by atoms with Crippen LogP contribution >= 0.6 is 0 Å². The maximum Gasteiger partial charge on any atom is 0.255 e. The monoisotopic (exact) mass is 273 g/mol. The lowest BCUT2D eigenvalue weighted by Crippen LogP contribution is -2.27. The van der Waals surface area contributed by atoms with Gasteiger partial charge in [-0.05, 0) is 39.8 Å². The third-order valence-corrected chi connectivity index (χ3v) is 3.21. The van der Waals surface area contributed by atoms with Crippen LogP contribution < -0.4 is 11.1 Å². The summed E-state index contributed by atoms with van der Waals surface area (Å²) in [6, 6.07) is 3.46. The molecule has 0 saturated carbocycles. The second-order valence-corrected chi connectivity index (χ2v) is 4.98. The Morgan fingerprint density at radius 3 is 2.60 bits per heavy atom. The molecular weight excluding hydrogens is 254 g/mol. The Balaban J connectivity index is 2.17. The third kappa shape index (κ3) is 2.82. The Hall–Kier alpha value is -2.30. The SMILES string of the molecule is Cc1cc(N)c(C(=O)NC(C)c2cc(C)oc2C)cn1. The molecule has 1 amide bonds. The number of nitrogens with zero attached hydrogens (tertiary/aromatic N) is 1. The van der Waals surface area contributed by atoms with Gasteiger partial charge in [-0.1, -0.05) is 0 Å². The summed E-state index contributed by atoms with van der Waals surface area (Å²) < 4.78 is 5.47.